The lowest BCUT2D eigenvalue weighted by atomic mass is 10.2. The van der Waals surface area contributed by atoms with Crippen LogP contribution < -0.4 is 11.2 Å². The molecule has 0 fully saturated rings. The number of nitrogens with zero attached hydrogens (tertiary/aromatic N) is 5. The first-order valence-electron chi connectivity index (χ1n) is 7.34. The van der Waals surface area contributed by atoms with Crippen molar-refractivity contribution in [2.45, 2.75) is 25.9 Å². The molecule has 0 radical (unpaired) electrons. The molecule has 0 saturated heterocycles. The Morgan fingerprint density at radius 3 is 2.52 bits per heavy atom. The average Bonchev–Trinajstić information content (AvgIpc) is 2.94. The minimum atomic E-state index is -0.383. The van der Waals surface area contributed by atoms with Gasteiger partial charge in [-0.1, -0.05) is 6.92 Å². The van der Waals surface area contributed by atoms with E-state index in [0.29, 0.717) is 24.3 Å². The van der Waals surface area contributed by atoms with Gasteiger partial charge in [0.05, 0.1) is 12.9 Å². The highest BCUT2D eigenvalue weighted by atomic mass is 35.5. The van der Waals surface area contributed by atoms with Gasteiger partial charge in [-0.25, -0.2) is 9.78 Å². The molecule has 1 atom stereocenters. The third-order valence-electron chi connectivity index (χ3n) is 4.22. The molecule has 0 unspecified atom stereocenters. The summed E-state index contributed by atoms with van der Waals surface area (Å²) in [7, 11) is 5.01. The number of aryl methyl sites for hydroxylation is 1. The second-order valence-corrected chi connectivity index (χ2v) is 5.54. The van der Waals surface area contributed by atoms with Crippen LogP contribution in [0.5, 0.6) is 0 Å². The van der Waals surface area contributed by atoms with E-state index >= 15 is 0 Å². The first kappa shape index (κ1) is 19.4. The normalized spacial score (nSPS) is 12.6. The maximum atomic E-state index is 12.3. The van der Waals surface area contributed by atoms with Crippen LogP contribution in [-0.2, 0) is 20.6 Å². The lowest BCUT2D eigenvalue weighted by Gasteiger charge is -2.25. The first-order chi connectivity index (χ1) is 10.4. The minimum Gasteiger partial charge on any atom is -0.395 e. The summed E-state index contributed by atoms with van der Waals surface area (Å²) >= 11 is 0. The number of imidazole rings is 1. The van der Waals surface area contributed by atoms with Crippen molar-refractivity contribution in [1.29, 1.82) is 0 Å². The molecule has 8 nitrogen and oxygen atoms in total. The predicted octanol–water partition coefficient (Wildman–Crippen LogP) is -0.442. The molecular weight excluding hydrogens is 322 g/mol. The Hall–Kier alpha value is -1.64. The van der Waals surface area contributed by atoms with Crippen molar-refractivity contribution in [2.75, 3.05) is 20.2 Å². The number of aliphatic hydroxyl groups excluding tert-OH is 1. The van der Waals surface area contributed by atoms with Gasteiger partial charge in [-0.15, -0.1) is 12.4 Å². The zero-order valence-electron chi connectivity index (χ0n) is 13.9. The van der Waals surface area contributed by atoms with E-state index in [-0.39, 0.29) is 36.3 Å². The molecule has 0 aliphatic rings. The molecule has 0 amide bonds. The molecule has 0 aromatic carbocycles. The molecule has 9 heteroatoms. The Labute approximate surface area is 140 Å². The largest absolute Gasteiger partial charge is 0.395 e. The van der Waals surface area contributed by atoms with Gasteiger partial charge in [0.25, 0.3) is 5.56 Å². The van der Waals surface area contributed by atoms with Crippen LogP contribution in [0.2, 0.25) is 0 Å². The van der Waals surface area contributed by atoms with Gasteiger partial charge in [0.2, 0.25) is 0 Å². The van der Waals surface area contributed by atoms with Crippen molar-refractivity contribution >= 4 is 23.6 Å². The van der Waals surface area contributed by atoms with Crippen LogP contribution in [0, 0.1) is 0 Å². The maximum Gasteiger partial charge on any atom is 0.332 e. The molecule has 0 bridgehead atoms. The summed E-state index contributed by atoms with van der Waals surface area (Å²) in [5, 5.41) is 9.32. The van der Waals surface area contributed by atoms with Gasteiger partial charge < -0.3 is 9.67 Å². The van der Waals surface area contributed by atoms with Gasteiger partial charge in [0.1, 0.15) is 0 Å². The van der Waals surface area contributed by atoms with E-state index in [2.05, 4.69) is 9.88 Å². The lowest BCUT2D eigenvalue weighted by Crippen LogP contribution is -2.38. The predicted molar refractivity (Wildman–Crippen MR) is 91.3 cm³/mol. The van der Waals surface area contributed by atoms with Crippen molar-refractivity contribution in [3.63, 3.8) is 0 Å². The standard InChI is InChI=1S/C14H23N5O3.ClH/c1-5-10(8-20)16(2)6-7-19-9-15-12-11(19)13(21)18(4)14(22)17(12)3;/h9-10,20H,5-8H2,1-4H3;1H/t10-;/m1./s1. The monoisotopic (exact) mass is 345 g/mol. The average molecular weight is 346 g/mol. The number of likely N-dealkylation sites (N-methyl/N-ethyl adjacent to an activating group) is 1. The van der Waals surface area contributed by atoms with Crippen LogP contribution in [0.15, 0.2) is 15.9 Å². The molecule has 1 N–H and O–H groups in total. The topological polar surface area (TPSA) is 85.3 Å². The fraction of sp³-hybridized carbons (Fsp3) is 0.643. The molecule has 2 rings (SSSR count). The SMILES string of the molecule is CC[C@H](CO)N(C)CCn1cnc2c1c(=O)n(C)c(=O)n2C.Cl. The van der Waals surface area contributed by atoms with Gasteiger partial charge in [-0.05, 0) is 13.5 Å². The van der Waals surface area contributed by atoms with E-state index in [4.69, 9.17) is 0 Å². The number of aliphatic hydroxyl groups is 1. The Balaban J connectivity index is 0.00000264. The number of halogens is 1. The zero-order valence-corrected chi connectivity index (χ0v) is 14.7. The number of fused-ring (bicyclic) bond motifs is 1. The summed E-state index contributed by atoms with van der Waals surface area (Å²) in [5.74, 6) is 0. The van der Waals surface area contributed by atoms with Crippen LogP contribution in [-0.4, -0.2) is 54.9 Å². The van der Waals surface area contributed by atoms with Crippen molar-refractivity contribution in [2.24, 2.45) is 14.1 Å². The fourth-order valence-corrected chi connectivity index (χ4v) is 2.59. The van der Waals surface area contributed by atoms with Gasteiger partial charge in [-0.2, -0.15) is 0 Å². The van der Waals surface area contributed by atoms with Gasteiger partial charge >= 0.3 is 5.69 Å². The molecule has 0 aliphatic carbocycles. The minimum absolute atomic E-state index is 0. The number of hydrogen-bond acceptors (Lipinski definition) is 5. The Morgan fingerprint density at radius 2 is 1.96 bits per heavy atom. The molecule has 0 saturated carbocycles. The van der Waals surface area contributed by atoms with Crippen LogP contribution in [0.3, 0.4) is 0 Å². The highest BCUT2D eigenvalue weighted by Gasteiger charge is 2.16. The Bertz CT molecular complexity index is 775. The van der Waals surface area contributed by atoms with Crippen molar-refractivity contribution in [3.05, 3.63) is 27.2 Å². The number of hydrogen-bond donors (Lipinski definition) is 1. The third kappa shape index (κ3) is 3.49. The number of rotatable bonds is 6. The molecular formula is C14H24ClN5O3. The first-order valence-corrected chi connectivity index (χ1v) is 7.34. The highest BCUT2D eigenvalue weighted by Crippen LogP contribution is 2.07. The van der Waals surface area contributed by atoms with E-state index in [1.165, 1.54) is 11.6 Å². The zero-order chi connectivity index (χ0) is 16.4. The van der Waals surface area contributed by atoms with E-state index < -0.39 is 0 Å². The summed E-state index contributed by atoms with van der Waals surface area (Å²) in [5.41, 5.74) is 0.0960. The highest BCUT2D eigenvalue weighted by molar-refractivity contribution is 5.85. The van der Waals surface area contributed by atoms with Gasteiger partial charge in [0.15, 0.2) is 11.2 Å². The number of aromatic nitrogens is 4. The second-order valence-electron chi connectivity index (χ2n) is 5.54. The summed E-state index contributed by atoms with van der Waals surface area (Å²) in [6.07, 6.45) is 2.44. The van der Waals surface area contributed by atoms with Crippen LogP contribution in [0.4, 0.5) is 0 Å². The Kier molecular flexibility index (Phi) is 6.55. The maximum absolute atomic E-state index is 12.3. The van der Waals surface area contributed by atoms with E-state index in [1.54, 1.807) is 17.9 Å². The van der Waals surface area contributed by atoms with E-state index in [0.717, 1.165) is 11.0 Å². The van der Waals surface area contributed by atoms with Crippen LogP contribution in [0.25, 0.3) is 11.2 Å². The third-order valence-corrected chi connectivity index (χ3v) is 4.22. The van der Waals surface area contributed by atoms with Gasteiger partial charge in [0, 0.05) is 33.2 Å². The van der Waals surface area contributed by atoms with Gasteiger partial charge in [-0.3, -0.25) is 18.8 Å². The van der Waals surface area contributed by atoms with E-state index in [9.17, 15) is 14.7 Å². The fourth-order valence-electron chi connectivity index (χ4n) is 2.59. The molecule has 0 aliphatic heterocycles. The molecule has 2 aromatic rings. The molecule has 130 valence electrons. The van der Waals surface area contributed by atoms with E-state index in [1.807, 2.05) is 14.0 Å². The van der Waals surface area contributed by atoms with Crippen molar-refractivity contribution in [1.82, 2.24) is 23.6 Å². The summed E-state index contributed by atoms with van der Waals surface area (Å²) in [6.45, 7) is 3.37. The van der Waals surface area contributed by atoms with Crippen molar-refractivity contribution in [3.8, 4) is 0 Å². The quantitative estimate of drug-likeness (QED) is 0.767. The molecule has 2 heterocycles. The Morgan fingerprint density at radius 1 is 1.30 bits per heavy atom. The molecule has 0 spiro atoms. The molecule has 23 heavy (non-hydrogen) atoms. The van der Waals surface area contributed by atoms with Crippen LogP contribution >= 0.6 is 12.4 Å². The van der Waals surface area contributed by atoms with Crippen molar-refractivity contribution < 1.29 is 5.11 Å². The summed E-state index contributed by atoms with van der Waals surface area (Å²) in [4.78, 5) is 30.4. The summed E-state index contributed by atoms with van der Waals surface area (Å²) < 4.78 is 4.23. The molecule has 2 aromatic heterocycles. The summed E-state index contributed by atoms with van der Waals surface area (Å²) in [6, 6.07) is 0.0991. The smallest absolute Gasteiger partial charge is 0.332 e. The lowest BCUT2D eigenvalue weighted by molar-refractivity contribution is 0.140. The second kappa shape index (κ2) is 7.76. The van der Waals surface area contributed by atoms with Crippen LogP contribution in [0.1, 0.15) is 13.3 Å².